The quantitative estimate of drug-likeness (QED) is 0.594. The summed E-state index contributed by atoms with van der Waals surface area (Å²) in [5.41, 5.74) is 6.72. The van der Waals surface area contributed by atoms with E-state index in [1.54, 1.807) is 0 Å². The molecule has 0 aliphatic heterocycles. The maximum Gasteiger partial charge on any atom is -0.00641 e. The first kappa shape index (κ1) is 10.2. The summed E-state index contributed by atoms with van der Waals surface area (Å²) in [5.74, 6) is 0. The van der Waals surface area contributed by atoms with Gasteiger partial charge in [0.15, 0.2) is 0 Å². The summed E-state index contributed by atoms with van der Waals surface area (Å²) in [6.07, 6.45) is 0. The summed E-state index contributed by atoms with van der Waals surface area (Å²) in [6, 6.07) is 7.95. The van der Waals surface area contributed by atoms with E-state index < -0.39 is 0 Å². The van der Waals surface area contributed by atoms with E-state index >= 15 is 0 Å². The zero-order valence-corrected chi connectivity index (χ0v) is 10.2. The van der Waals surface area contributed by atoms with Gasteiger partial charge < -0.3 is 0 Å². The molecule has 2 rings (SSSR count). The summed E-state index contributed by atoms with van der Waals surface area (Å²) in [5, 5.41) is 2.64. The van der Waals surface area contributed by atoms with Gasteiger partial charge in [0, 0.05) is 0 Å². The van der Waals surface area contributed by atoms with Crippen molar-refractivity contribution in [1.82, 2.24) is 0 Å². The molecule has 0 aliphatic carbocycles. The van der Waals surface area contributed by atoms with Crippen molar-refractivity contribution in [3.8, 4) is 0 Å². The zero-order valence-electron chi connectivity index (χ0n) is 10.2. The fourth-order valence-electron chi connectivity index (χ4n) is 2.33. The third kappa shape index (κ3) is 1.54. The molecule has 15 heavy (non-hydrogen) atoms. The molecule has 77 valence electrons. The molecule has 2 aromatic carbocycles. The van der Waals surface area contributed by atoms with Crippen LogP contribution in [-0.4, -0.2) is 0 Å². The minimum Gasteiger partial charge on any atom is -0.0557 e. The summed E-state index contributed by atoms with van der Waals surface area (Å²) in [4.78, 5) is 0. The van der Waals surface area contributed by atoms with Crippen molar-refractivity contribution in [1.29, 1.82) is 0 Å². The van der Waals surface area contributed by atoms with Crippen LogP contribution in [0.1, 0.15) is 27.8 Å². The average Bonchev–Trinajstić information content (AvgIpc) is 2.13. The van der Waals surface area contributed by atoms with Gasteiger partial charge in [0.2, 0.25) is 0 Å². The van der Waals surface area contributed by atoms with Crippen LogP contribution in [0.5, 0.6) is 0 Å². The van der Waals surface area contributed by atoms with Gasteiger partial charge in [-0.05, 0) is 73.7 Å². The molecule has 0 N–H and O–H groups in total. The van der Waals surface area contributed by atoms with Gasteiger partial charge >= 0.3 is 0 Å². The Balaban J connectivity index is 2.99. The second kappa shape index (κ2) is 3.37. The summed E-state index contributed by atoms with van der Waals surface area (Å²) in [7, 11) is 0. The minimum absolute atomic E-state index is 1.26. The van der Waals surface area contributed by atoms with Crippen LogP contribution in [0.3, 0.4) is 0 Å². The summed E-state index contributed by atoms with van der Waals surface area (Å²) < 4.78 is 0. The van der Waals surface area contributed by atoms with Crippen molar-refractivity contribution in [2.45, 2.75) is 34.6 Å². The Morgan fingerprint density at radius 1 is 0.867 bits per heavy atom. The van der Waals surface area contributed by atoms with Gasteiger partial charge in [-0.15, -0.1) is 0 Å². The highest BCUT2D eigenvalue weighted by Gasteiger charge is 2.07. The molecular weight excluding hydrogens is 180 g/mol. The average molecular weight is 197 g/mol. The zero-order chi connectivity index (χ0) is 11.2. The first-order valence-corrected chi connectivity index (χ1v) is 5.40. The molecule has 0 spiro atoms. The Kier molecular flexibility index (Phi) is 2.30. The molecular formula is C15H17. The van der Waals surface area contributed by atoms with Crippen LogP contribution >= 0.6 is 0 Å². The predicted molar refractivity (Wildman–Crippen MR) is 66.5 cm³/mol. The highest BCUT2D eigenvalue weighted by molar-refractivity contribution is 5.90. The van der Waals surface area contributed by atoms with Crippen molar-refractivity contribution in [3.63, 3.8) is 0 Å². The smallest absolute Gasteiger partial charge is 0.00641 e. The highest BCUT2D eigenvalue weighted by atomic mass is 14.1. The number of aryl methyl sites for hydroxylation is 4. The van der Waals surface area contributed by atoms with Gasteiger partial charge in [-0.2, -0.15) is 0 Å². The first-order chi connectivity index (χ1) is 7.00. The molecule has 0 aliphatic rings. The van der Waals surface area contributed by atoms with E-state index in [1.807, 2.05) is 0 Å². The molecule has 0 heteroatoms. The fourth-order valence-corrected chi connectivity index (χ4v) is 2.33. The van der Waals surface area contributed by atoms with E-state index in [-0.39, 0.29) is 0 Å². The fraction of sp³-hybridized carbons (Fsp3) is 0.333. The van der Waals surface area contributed by atoms with E-state index in [2.05, 4.69) is 52.8 Å². The van der Waals surface area contributed by atoms with Crippen molar-refractivity contribution < 1.29 is 0 Å². The topological polar surface area (TPSA) is 0 Å². The summed E-state index contributed by atoms with van der Waals surface area (Å²) in [6.45, 7) is 10.9. The molecule has 0 saturated heterocycles. The van der Waals surface area contributed by atoms with Crippen LogP contribution in [0.15, 0.2) is 12.1 Å². The van der Waals surface area contributed by atoms with E-state index in [1.165, 1.54) is 38.6 Å². The second-order valence-electron chi connectivity index (χ2n) is 4.50. The normalized spacial score (nSPS) is 11.0. The molecule has 0 saturated carbocycles. The van der Waals surface area contributed by atoms with E-state index in [4.69, 9.17) is 0 Å². The van der Waals surface area contributed by atoms with Crippen LogP contribution in [0, 0.1) is 40.7 Å². The van der Waals surface area contributed by atoms with Crippen molar-refractivity contribution in [2.24, 2.45) is 0 Å². The molecule has 0 amide bonds. The van der Waals surface area contributed by atoms with Crippen LogP contribution in [0.25, 0.3) is 10.8 Å². The summed E-state index contributed by atoms with van der Waals surface area (Å²) >= 11 is 0. The first-order valence-electron chi connectivity index (χ1n) is 5.40. The number of benzene rings is 2. The maximum atomic E-state index is 3.48. The molecule has 1 radical (unpaired) electrons. The lowest BCUT2D eigenvalue weighted by molar-refractivity contribution is 1.28. The molecule has 0 nitrogen and oxygen atoms in total. The SMILES string of the molecule is Cc1cc(C)c2c(C)c(C)c(C)[c]c2c1. The van der Waals surface area contributed by atoms with Gasteiger partial charge in [0.05, 0.1) is 0 Å². The van der Waals surface area contributed by atoms with E-state index in [0.29, 0.717) is 0 Å². The predicted octanol–water partition coefficient (Wildman–Crippen LogP) is 4.18. The standard InChI is InChI=1S/C15H17/c1-9-6-11(3)15-13(5)12(4)10(2)8-14(15)7-9/h6-7H,1-5H3. The molecule has 0 fully saturated rings. The van der Waals surface area contributed by atoms with E-state index in [0.717, 1.165) is 0 Å². The third-order valence-electron chi connectivity index (χ3n) is 3.30. The highest BCUT2D eigenvalue weighted by Crippen LogP contribution is 2.27. The van der Waals surface area contributed by atoms with Gasteiger partial charge in [-0.25, -0.2) is 0 Å². The Morgan fingerprint density at radius 3 is 2.20 bits per heavy atom. The number of fused-ring (bicyclic) bond motifs is 1. The third-order valence-corrected chi connectivity index (χ3v) is 3.30. The largest absolute Gasteiger partial charge is 0.0557 e. The number of rotatable bonds is 0. The van der Waals surface area contributed by atoms with Crippen LogP contribution in [0.2, 0.25) is 0 Å². The number of hydrogen-bond acceptors (Lipinski definition) is 0. The Labute approximate surface area is 91.9 Å². The molecule has 0 unspecified atom stereocenters. The Bertz CT molecular complexity index is 533. The maximum absolute atomic E-state index is 3.48. The van der Waals surface area contributed by atoms with Gasteiger partial charge in [-0.1, -0.05) is 17.7 Å². The lowest BCUT2D eigenvalue weighted by Crippen LogP contribution is -1.92. The van der Waals surface area contributed by atoms with Crippen LogP contribution in [-0.2, 0) is 0 Å². The van der Waals surface area contributed by atoms with Crippen LogP contribution in [0.4, 0.5) is 0 Å². The molecule has 0 atom stereocenters. The Hall–Kier alpha value is -1.30. The van der Waals surface area contributed by atoms with Crippen molar-refractivity contribution in [2.75, 3.05) is 0 Å². The second-order valence-corrected chi connectivity index (χ2v) is 4.50. The van der Waals surface area contributed by atoms with E-state index in [9.17, 15) is 0 Å². The molecule has 0 aromatic heterocycles. The van der Waals surface area contributed by atoms with Gasteiger partial charge in [0.1, 0.15) is 0 Å². The van der Waals surface area contributed by atoms with Crippen molar-refractivity contribution in [3.05, 3.63) is 46.0 Å². The van der Waals surface area contributed by atoms with Gasteiger partial charge in [0.25, 0.3) is 0 Å². The molecule has 0 bridgehead atoms. The Morgan fingerprint density at radius 2 is 1.53 bits per heavy atom. The van der Waals surface area contributed by atoms with Crippen LogP contribution < -0.4 is 0 Å². The minimum atomic E-state index is 1.26. The lowest BCUT2D eigenvalue weighted by Gasteiger charge is -2.12. The molecule has 2 aromatic rings. The number of hydrogen-bond donors (Lipinski definition) is 0. The van der Waals surface area contributed by atoms with Gasteiger partial charge in [-0.3, -0.25) is 0 Å². The van der Waals surface area contributed by atoms with Crippen molar-refractivity contribution >= 4 is 10.8 Å². The monoisotopic (exact) mass is 197 g/mol. The lowest BCUT2D eigenvalue weighted by atomic mass is 9.92. The molecule has 0 heterocycles.